The maximum Gasteiger partial charge on any atom is 0.321 e. The molecule has 2 heterocycles. The molecule has 1 fully saturated rings. The van der Waals surface area contributed by atoms with Crippen LogP contribution in [0.4, 0.5) is 10.5 Å². The smallest absolute Gasteiger partial charge is 0.321 e. The molecule has 1 aromatic carbocycles. The fraction of sp³-hybridized carbons (Fsp3) is 0.294. The molecule has 7 heteroatoms. The van der Waals surface area contributed by atoms with Crippen molar-refractivity contribution in [2.45, 2.75) is 6.54 Å². The molecule has 1 N–H and O–H groups in total. The number of pyridine rings is 1. The van der Waals surface area contributed by atoms with E-state index in [1.165, 1.54) is 5.56 Å². The van der Waals surface area contributed by atoms with Gasteiger partial charge in [-0.2, -0.15) is 0 Å². The fourth-order valence-electron chi connectivity index (χ4n) is 2.64. The SMILES string of the molecule is O=C(Nc1ccc(Br)cc1Cl)N1CCN(Cc2cccnc2)CC1. The number of carbonyl (C=O) groups is 1. The molecule has 2 aromatic rings. The lowest BCUT2D eigenvalue weighted by Crippen LogP contribution is -2.49. The van der Waals surface area contributed by atoms with Crippen LogP contribution in [0.3, 0.4) is 0 Å². The number of aromatic nitrogens is 1. The van der Waals surface area contributed by atoms with Crippen LogP contribution in [0.25, 0.3) is 0 Å². The molecule has 0 bridgehead atoms. The Hall–Kier alpha value is -1.63. The van der Waals surface area contributed by atoms with Crippen LogP contribution in [0, 0.1) is 0 Å². The number of benzene rings is 1. The number of hydrogen-bond donors (Lipinski definition) is 1. The second-order valence-corrected chi connectivity index (χ2v) is 7.00. The summed E-state index contributed by atoms with van der Waals surface area (Å²) in [5, 5.41) is 3.40. The summed E-state index contributed by atoms with van der Waals surface area (Å²) in [7, 11) is 0. The highest BCUT2D eigenvalue weighted by molar-refractivity contribution is 9.10. The topological polar surface area (TPSA) is 48.5 Å². The minimum atomic E-state index is -0.111. The molecule has 0 radical (unpaired) electrons. The number of hydrogen-bond acceptors (Lipinski definition) is 3. The maximum atomic E-state index is 12.4. The van der Waals surface area contributed by atoms with Crippen LogP contribution < -0.4 is 5.32 Å². The first kappa shape index (κ1) is 17.2. The van der Waals surface area contributed by atoms with E-state index in [0.717, 1.165) is 24.1 Å². The zero-order valence-electron chi connectivity index (χ0n) is 13.1. The molecular weight excluding hydrogens is 392 g/mol. The summed E-state index contributed by atoms with van der Waals surface area (Å²) in [6.07, 6.45) is 3.66. The zero-order chi connectivity index (χ0) is 16.9. The van der Waals surface area contributed by atoms with Crippen molar-refractivity contribution in [3.8, 4) is 0 Å². The van der Waals surface area contributed by atoms with Gasteiger partial charge in [0.25, 0.3) is 0 Å². The largest absolute Gasteiger partial charge is 0.322 e. The van der Waals surface area contributed by atoms with Gasteiger partial charge < -0.3 is 10.2 Å². The van der Waals surface area contributed by atoms with Gasteiger partial charge >= 0.3 is 6.03 Å². The third kappa shape index (κ3) is 4.47. The van der Waals surface area contributed by atoms with E-state index in [9.17, 15) is 4.79 Å². The summed E-state index contributed by atoms with van der Waals surface area (Å²) in [4.78, 5) is 20.7. The van der Waals surface area contributed by atoms with Crippen LogP contribution in [0.2, 0.25) is 5.02 Å². The average molecular weight is 410 g/mol. The van der Waals surface area contributed by atoms with Crippen molar-refractivity contribution in [2.24, 2.45) is 0 Å². The van der Waals surface area contributed by atoms with Gasteiger partial charge in [-0.05, 0) is 29.8 Å². The van der Waals surface area contributed by atoms with Gasteiger partial charge in [-0.3, -0.25) is 9.88 Å². The first-order chi connectivity index (χ1) is 11.6. The average Bonchev–Trinajstić information content (AvgIpc) is 2.59. The van der Waals surface area contributed by atoms with Gasteiger partial charge in [-0.1, -0.05) is 33.6 Å². The number of urea groups is 1. The summed E-state index contributed by atoms with van der Waals surface area (Å²) in [6.45, 7) is 3.94. The van der Waals surface area contributed by atoms with Gasteiger partial charge in [0.05, 0.1) is 10.7 Å². The molecule has 24 heavy (non-hydrogen) atoms. The highest BCUT2D eigenvalue weighted by Gasteiger charge is 2.21. The van der Waals surface area contributed by atoms with Crippen LogP contribution in [-0.4, -0.2) is 47.0 Å². The van der Waals surface area contributed by atoms with Crippen molar-refractivity contribution in [1.82, 2.24) is 14.8 Å². The predicted molar refractivity (Wildman–Crippen MR) is 99.3 cm³/mol. The van der Waals surface area contributed by atoms with Crippen LogP contribution >= 0.6 is 27.5 Å². The molecular formula is C17H18BrClN4O. The molecule has 1 saturated heterocycles. The summed E-state index contributed by atoms with van der Waals surface area (Å²) >= 11 is 9.50. The molecule has 126 valence electrons. The Labute approximate surface area is 154 Å². The van der Waals surface area contributed by atoms with E-state index in [1.807, 2.05) is 23.2 Å². The lowest BCUT2D eigenvalue weighted by Gasteiger charge is -2.34. The Morgan fingerprint density at radius 2 is 2.04 bits per heavy atom. The third-order valence-corrected chi connectivity index (χ3v) is 4.77. The molecule has 1 aliphatic rings. The van der Waals surface area contributed by atoms with Gasteiger partial charge in [0, 0.05) is 49.6 Å². The quantitative estimate of drug-likeness (QED) is 0.838. The number of carbonyl (C=O) groups excluding carboxylic acids is 1. The summed E-state index contributed by atoms with van der Waals surface area (Å²) in [5.41, 5.74) is 1.82. The highest BCUT2D eigenvalue weighted by Crippen LogP contribution is 2.26. The van der Waals surface area contributed by atoms with Crippen LogP contribution in [0.1, 0.15) is 5.56 Å². The second-order valence-electron chi connectivity index (χ2n) is 5.68. The monoisotopic (exact) mass is 408 g/mol. The lowest BCUT2D eigenvalue weighted by atomic mass is 10.2. The highest BCUT2D eigenvalue weighted by atomic mass is 79.9. The fourth-order valence-corrected chi connectivity index (χ4v) is 3.36. The van der Waals surface area contributed by atoms with Gasteiger partial charge in [0.2, 0.25) is 0 Å². The lowest BCUT2D eigenvalue weighted by molar-refractivity contribution is 0.143. The number of anilines is 1. The van der Waals surface area contributed by atoms with Crippen molar-refractivity contribution in [3.63, 3.8) is 0 Å². The summed E-state index contributed by atoms with van der Waals surface area (Å²) < 4.78 is 0.884. The molecule has 0 aliphatic carbocycles. The Bertz CT molecular complexity index is 705. The van der Waals surface area contributed by atoms with E-state index in [4.69, 9.17) is 11.6 Å². The van der Waals surface area contributed by atoms with E-state index >= 15 is 0 Å². The summed E-state index contributed by atoms with van der Waals surface area (Å²) in [5.74, 6) is 0. The first-order valence-electron chi connectivity index (χ1n) is 7.74. The second kappa shape index (κ2) is 7.96. The van der Waals surface area contributed by atoms with Crippen molar-refractivity contribution in [1.29, 1.82) is 0 Å². The number of nitrogens with zero attached hydrogens (tertiary/aromatic N) is 3. The Balaban J connectivity index is 1.51. The van der Waals surface area contributed by atoms with E-state index < -0.39 is 0 Å². The minimum absolute atomic E-state index is 0.111. The zero-order valence-corrected chi connectivity index (χ0v) is 15.4. The minimum Gasteiger partial charge on any atom is -0.322 e. The Kier molecular flexibility index (Phi) is 5.71. The number of halogens is 2. The molecule has 0 unspecified atom stereocenters. The predicted octanol–water partition coefficient (Wildman–Crippen LogP) is 3.85. The van der Waals surface area contributed by atoms with Crippen molar-refractivity contribution in [3.05, 3.63) is 57.8 Å². The van der Waals surface area contributed by atoms with Crippen LogP contribution in [0.15, 0.2) is 47.2 Å². The normalized spacial score (nSPS) is 15.3. The van der Waals surface area contributed by atoms with Gasteiger partial charge in [-0.15, -0.1) is 0 Å². The maximum absolute atomic E-state index is 12.4. The molecule has 1 aliphatic heterocycles. The van der Waals surface area contributed by atoms with Crippen LogP contribution in [-0.2, 0) is 6.54 Å². The van der Waals surface area contributed by atoms with Crippen molar-refractivity contribution in [2.75, 3.05) is 31.5 Å². The van der Waals surface area contributed by atoms with E-state index in [0.29, 0.717) is 23.8 Å². The van der Waals surface area contributed by atoms with Gasteiger partial charge in [0.15, 0.2) is 0 Å². The third-order valence-electron chi connectivity index (χ3n) is 3.96. The molecule has 2 amide bonds. The van der Waals surface area contributed by atoms with E-state index in [2.05, 4.69) is 37.2 Å². The van der Waals surface area contributed by atoms with Crippen molar-refractivity contribution < 1.29 is 4.79 Å². The molecule has 1 aromatic heterocycles. The Morgan fingerprint density at radius 1 is 1.25 bits per heavy atom. The van der Waals surface area contributed by atoms with Gasteiger partial charge in [0.1, 0.15) is 0 Å². The molecule has 3 rings (SSSR count). The molecule has 0 spiro atoms. The van der Waals surface area contributed by atoms with E-state index in [-0.39, 0.29) is 6.03 Å². The number of amides is 2. The standard InChI is InChI=1S/C17H18BrClN4O/c18-14-3-4-16(15(19)10-14)21-17(24)23-8-6-22(7-9-23)12-13-2-1-5-20-11-13/h1-5,10-11H,6-9,12H2,(H,21,24). The number of nitrogens with one attached hydrogen (secondary N) is 1. The summed E-state index contributed by atoms with van der Waals surface area (Å²) in [6, 6.07) is 9.32. The van der Waals surface area contributed by atoms with Crippen LogP contribution in [0.5, 0.6) is 0 Å². The first-order valence-corrected chi connectivity index (χ1v) is 8.91. The van der Waals surface area contributed by atoms with Gasteiger partial charge in [-0.25, -0.2) is 4.79 Å². The molecule has 0 saturated carbocycles. The number of rotatable bonds is 3. The number of piperazine rings is 1. The molecule has 0 atom stereocenters. The Morgan fingerprint density at radius 3 is 2.71 bits per heavy atom. The van der Waals surface area contributed by atoms with E-state index in [1.54, 1.807) is 18.3 Å². The molecule has 5 nitrogen and oxygen atoms in total. The van der Waals surface area contributed by atoms with Crippen molar-refractivity contribution >= 4 is 39.2 Å².